The number of ether oxygens (including phenoxy) is 2. The summed E-state index contributed by atoms with van der Waals surface area (Å²) in [6, 6.07) is 0. The van der Waals surface area contributed by atoms with E-state index in [0.717, 1.165) is 18.8 Å². The highest BCUT2D eigenvalue weighted by Crippen LogP contribution is 2.25. The highest BCUT2D eigenvalue weighted by atomic mass is 16.5. The molecule has 0 aromatic carbocycles. The molecule has 0 bridgehead atoms. The molecule has 0 aliphatic heterocycles. The zero-order valence-electron chi connectivity index (χ0n) is 39.1. The van der Waals surface area contributed by atoms with E-state index in [4.69, 9.17) is 9.47 Å². The van der Waals surface area contributed by atoms with Crippen molar-refractivity contribution in [2.75, 3.05) is 32.8 Å². The third kappa shape index (κ3) is 37.2. The van der Waals surface area contributed by atoms with Crippen LogP contribution in [0.1, 0.15) is 266 Å². The second kappa shape index (κ2) is 43.5. The van der Waals surface area contributed by atoms with Crippen molar-refractivity contribution in [3.8, 4) is 0 Å². The molecule has 0 unspecified atom stereocenters. The number of esters is 2. The van der Waals surface area contributed by atoms with Crippen molar-refractivity contribution in [3.05, 3.63) is 0 Å². The second-order valence-electron chi connectivity index (χ2n) is 17.8. The smallest absolute Gasteiger partial charge is 0.306 e. The largest absolute Gasteiger partial charge is 0.466 e. The first-order valence-electron chi connectivity index (χ1n) is 25.5. The Kier molecular flexibility index (Phi) is 42.6. The molecule has 0 rings (SSSR count). The summed E-state index contributed by atoms with van der Waals surface area (Å²) in [5.74, 6) is 1.99. The fourth-order valence-corrected chi connectivity index (χ4v) is 8.57. The van der Waals surface area contributed by atoms with Crippen LogP contribution in [0, 0.1) is 17.8 Å². The topological polar surface area (TPSA) is 55.8 Å². The predicted molar refractivity (Wildman–Crippen MR) is 244 cm³/mol. The minimum absolute atomic E-state index is 0.0409. The van der Waals surface area contributed by atoms with Crippen LogP contribution in [0.3, 0.4) is 0 Å². The summed E-state index contributed by atoms with van der Waals surface area (Å²) in [7, 11) is 0. The molecule has 0 heterocycles. The van der Waals surface area contributed by atoms with Gasteiger partial charge in [-0.25, -0.2) is 0 Å². The molecule has 5 nitrogen and oxygen atoms in total. The van der Waals surface area contributed by atoms with Crippen molar-refractivity contribution in [3.63, 3.8) is 0 Å². The number of hydrogen-bond acceptors (Lipinski definition) is 5. The van der Waals surface area contributed by atoms with Gasteiger partial charge in [-0.15, -0.1) is 0 Å². The van der Waals surface area contributed by atoms with Gasteiger partial charge in [0.1, 0.15) is 0 Å². The third-order valence-corrected chi connectivity index (χ3v) is 12.6. The number of carbonyl (C=O) groups excluding carboxylic acids is 2. The summed E-state index contributed by atoms with van der Waals surface area (Å²) in [6.45, 7) is 18.4. The lowest BCUT2D eigenvalue weighted by molar-refractivity contribution is -0.146. The molecule has 0 aromatic rings. The molecular weight excluding hydrogens is 691 g/mol. The Balaban J connectivity index is 4.13. The summed E-state index contributed by atoms with van der Waals surface area (Å²) in [5.41, 5.74) is 0. The van der Waals surface area contributed by atoms with E-state index >= 15 is 0 Å². The van der Waals surface area contributed by atoms with Gasteiger partial charge in [-0.2, -0.15) is 0 Å². The molecule has 0 spiro atoms. The van der Waals surface area contributed by atoms with Crippen LogP contribution in [0.25, 0.3) is 0 Å². The SMILES string of the molecule is CCCCCC(CCCCC)CC(=O)OCCCCCCCCCC(CCCCCCCCCOC(=O)CC(CCCCC)CCCCC)CCN(CC)CC. The lowest BCUT2D eigenvalue weighted by atomic mass is 9.91. The highest BCUT2D eigenvalue weighted by molar-refractivity contribution is 5.70. The Morgan fingerprint density at radius 3 is 0.964 bits per heavy atom. The van der Waals surface area contributed by atoms with Crippen molar-refractivity contribution in [1.82, 2.24) is 4.90 Å². The van der Waals surface area contributed by atoms with Gasteiger partial charge in [-0.1, -0.05) is 208 Å². The van der Waals surface area contributed by atoms with Gasteiger partial charge in [0.15, 0.2) is 0 Å². The first-order chi connectivity index (χ1) is 27.4. The van der Waals surface area contributed by atoms with Gasteiger partial charge in [-0.05, 0) is 82.3 Å². The van der Waals surface area contributed by atoms with Crippen LogP contribution in [0.2, 0.25) is 0 Å². The summed E-state index contributed by atoms with van der Waals surface area (Å²) in [6.07, 6.45) is 43.0. The molecular formula is C51H101NO4. The van der Waals surface area contributed by atoms with E-state index in [2.05, 4.69) is 46.4 Å². The molecule has 0 aliphatic rings. The molecule has 0 aliphatic carbocycles. The quantitative estimate of drug-likeness (QED) is 0.0454. The van der Waals surface area contributed by atoms with Gasteiger partial charge in [0, 0.05) is 12.8 Å². The van der Waals surface area contributed by atoms with Crippen molar-refractivity contribution in [2.45, 2.75) is 266 Å². The predicted octanol–water partition coefficient (Wildman–Crippen LogP) is 16.0. The van der Waals surface area contributed by atoms with Gasteiger partial charge in [0.2, 0.25) is 0 Å². The number of rotatable bonds is 45. The van der Waals surface area contributed by atoms with E-state index in [1.807, 2.05) is 0 Å². The monoisotopic (exact) mass is 792 g/mol. The van der Waals surface area contributed by atoms with E-state index in [1.165, 1.54) is 219 Å². The standard InChI is InChI=1S/C51H101NO4/c1-7-13-27-37-48(38-28-14-8-2)45-50(53)55-43-33-25-21-17-19-23-31-35-47(41-42-52(11-5)12-6)36-32-24-20-18-22-26-34-44-56-51(54)46-49(39-29-15-9-3)40-30-16-10-4/h47-49H,7-46H2,1-6H3. The van der Waals surface area contributed by atoms with E-state index in [1.54, 1.807) is 0 Å². The average Bonchev–Trinajstić information content (AvgIpc) is 3.19. The lowest BCUT2D eigenvalue weighted by Crippen LogP contribution is -2.25. The summed E-state index contributed by atoms with van der Waals surface area (Å²) < 4.78 is 11.3. The van der Waals surface area contributed by atoms with Gasteiger partial charge in [0.25, 0.3) is 0 Å². The van der Waals surface area contributed by atoms with Gasteiger partial charge < -0.3 is 14.4 Å². The summed E-state index contributed by atoms with van der Waals surface area (Å²) in [4.78, 5) is 27.6. The minimum Gasteiger partial charge on any atom is -0.466 e. The molecule has 0 radical (unpaired) electrons. The van der Waals surface area contributed by atoms with Crippen LogP contribution >= 0.6 is 0 Å². The molecule has 0 aromatic heterocycles. The fraction of sp³-hybridized carbons (Fsp3) is 0.961. The second-order valence-corrected chi connectivity index (χ2v) is 17.8. The molecule has 0 fully saturated rings. The van der Waals surface area contributed by atoms with Crippen LogP contribution in [0.4, 0.5) is 0 Å². The van der Waals surface area contributed by atoms with E-state index in [9.17, 15) is 9.59 Å². The van der Waals surface area contributed by atoms with Gasteiger partial charge in [0.05, 0.1) is 13.2 Å². The molecule has 56 heavy (non-hydrogen) atoms. The van der Waals surface area contributed by atoms with E-state index in [-0.39, 0.29) is 11.9 Å². The van der Waals surface area contributed by atoms with Crippen molar-refractivity contribution < 1.29 is 19.1 Å². The Hall–Kier alpha value is -1.10. The number of hydrogen-bond donors (Lipinski definition) is 0. The molecule has 0 saturated carbocycles. The van der Waals surface area contributed by atoms with Crippen molar-refractivity contribution >= 4 is 11.9 Å². The molecule has 0 amide bonds. The Labute approximate surface area is 351 Å². The Morgan fingerprint density at radius 1 is 0.357 bits per heavy atom. The lowest BCUT2D eigenvalue weighted by Gasteiger charge is -2.23. The first-order valence-corrected chi connectivity index (χ1v) is 25.5. The van der Waals surface area contributed by atoms with Crippen LogP contribution in [0.15, 0.2) is 0 Å². The molecule has 0 N–H and O–H groups in total. The summed E-state index contributed by atoms with van der Waals surface area (Å²) >= 11 is 0. The van der Waals surface area contributed by atoms with Crippen LogP contribution in [-0.4, -0.2) is 49.7 Å². The zero-order valence-corrected chi connectivity index (χ0v) is 39.1. The van der Waals surface area contributed by atoms with E-state index < -0.39 is 0 Å². The number of carbonyl (C=O) groups is 2. The normalized spacial score (nSPS) is 11.8. The number of unbranched alkanes of at least 4 members (excludes halogenated alkanes) is 20. The molecule has 5 heteroatoms. The van der Waals surface area contributed by atoms with Crippen LogP contribution in [0.5, 0.6) is 0 Å². The van der Waals surface area contributed by atoms with Gasteiger partial charge >= 0.3 is 11.9 Å². The Bertz CT molecular complexity index is 736. The maximum absolute atomic E-state index is 12.5. The first kappa shape index (κ1) is 54.9. The molecule has 0 atom stereocenters. The number of nitrogens with zero attached hydrogens (tertiary/aromatic N) is 1. The minimum atomic E-state index is 0.0409. The maximum Gasteiger partial charge on any atom is 0.306 e. The summed E-state index contributed by atoms with van der Waals surface area (Å²) in [5, 5.41) is 0. The van der Waals surface area contributed by atoms with Crippen LogP contribution < -0.4 is 0 Å². The fourth-order valence-electron chi connectivity index (χ4n) is 8.57. The average molecular weight is 792 g/mol. The van der Waals surface area contributed by atoms with Crippen molar-refractivity contribution in [2.24, 2.45) is 17.8 Å². The van der Waals surface area contributed by atoms with Gasteiger partial charge in [-0.3, -0.25) is 9.59 Å². The Morgan fingerprint density at radius 2 is 0.643 bits per heavy atom. The van der Waals surface area contributed by atoms with Crippen molar-refractivity contribution in [1.29, 1.82) is 0 Å². The van der Waals surface area contributed by atoms with E-state index in [0.29, 0.717) is 37.9 Å². The molecule has 0 saturated heterocycles. The maximum atomic E-state index is 12.5. The zero-order chi connectivity index (χ0) is 41.2. The third-order valence-electron chi connectivity index (χ3n) is 12.6. The highest BCUT2D eigenvalue weighted by Gasteiger charge is 2.16. The van der Waals surface area contributed by atoms with Crippen LogP contribution in [-0.2, 0) is 19.1 Å². The molecule has 334 valence electrons.